The molecule has 1 heterocycles. The van der Waals surface area contributed by atoms with E-state index in [1.54, 1.807) is 24.3 Å². The molecule has 3 rings (SSSR count). The summed E-state index contributed by atoms with van der Waals surface area (Å²) in [5, 5.41) is 9.00. The molecule has 0 fully saturated rings. The molecule has 1 aromatic heterocycles. The zero-order valence-electron chi connectivity index (χ0n) is 12.1. The Balaban J connectivity index is 1.98. The highest BCUT2D eigenvalue weighted by atomic mass is 32.2. The van der Waals surface area contributed by atoms with E-state index < -0.39 is 26.3 Å². The molecule has 1 N–H and O–H groups in total. The van der Waals surface area contributed by atoms with Crippen LogP contribution in [-0.2, 0) is 10.0 Å². The summed E-state index contributed by atoms with van der Waals surface area (Å²) >= 11 is 0. The van der Waals surface area contributed by atoms with Gasteiger partial charge in [-0.1, -0.05) is 18.2 Å². The van der Waals surface area contributed by atoms with Crippen LogP contribution in [0.3, 0.4) is 0 Å². The van der Waals surface area contributed by atoms with Crippen molar-refractivity contribution in [3.8, 4) is 17.4 Å². The van der Waals surface area contributed by atoms with Crippen LogP contribution in [-0.4, -0.2) is 13.4 Å². The third kappa shape index (κ3) is 2.98. The number of hydrogen-bond acceptors (Lipinski definition) is 5. The summed E-state index contributed by atoms with van der Waals surface area (Å²) in [5.74, 6) is -0.421. The van der Waals surface area contributed by atoms with Gasteiger partial charge < -0.3 is 4.42 Å². The first-order valence-corrected chi connectivity index (χ1v) is 8.20. The zero-order chi connectivity index (χ0) is 17.2. The first-order valence-electron chi connectivity index (χ1n) is 6.71. The van der Waals surface area contributed by atoms with Crippen LogP contribution >= 0.6 is 0 Å². The molecule has 0 atom stereocenters. The van der Waals surface area contributed by atoms with E-state index in [4.69, 9.17) is 9.68 Å². The lowest BCUT2D eigenvalue weighted by atomic mass is 10.2. The van der Waals surface area contributed by atoms with Crippen LogP contribution in [0.2, 0.25) is 0 Å². The summed E-state index contributed by atoms with van der Waals surface area (Å²) in [5.41, 5.74) is 0.334. The van der Waals surface area contributed by atoms with E-state index in [9.17, 15) is 12.8 Å². The fourth-order valence-electron chi connectivity index (χ4n) is 2.14. The molecule has 0 saturated carbocycles. The topological polar surface area (TPSA) is 96.0 Å². The Kier molecular flexibility index (Phi) is 4.02. The number of nitrogens with zero attached hydrogens (tertiary/aromatic N) is 2. The van der Waals surface area contributed by atoms with Crippen molar-refractivity contribution in [3.63, 3.8) is 0 Å². The highest BCUT2D eigenvalue weighted by Gasteiger charge is 2.21. The highest BCUT2D eigenvalue weighted by molar-refractivity contribution is 7.92. The van der Waals surface area contributed by atoms with Gasteiger partial charge in [0.1, 0.15) is 22.3 Å². The van der Waals surface area contributed by atoms with Crippen molar-refractivity contribution in [3.05, 3.63) is 66.4 Å². The fourth-order valence-corrected chi connectivity index (χ4v) is 3.36. The van der Waals surface area contributed by atoms with Crippen LogP contribution < -0.4 is 4.72 Å². The molecule has 3 aromatic rings. The highest BCUT2D eigenvalue weighted by Crippen LogP contribution is 2.25. The molecular formula is C16H10FN3O3S. The van der Waals surface area contributed by atoms with Crippen molar-refractivity contribution in [1.82, 2.24) is 4.98 Å². The number of oxazole rings is 1. The number of rotatable bonds is 4. The monoisotopic (exact) mass is 343 g/mol. The van der Waals surface area contributed by atoms with Gasteiger partial charge in [-0.3, -0.25) is 4.72 Å². The second-order valence-corrected chi connectivity index (χ2v) is 6.43. The maximum Gasteiger partial charge on any atom is 0.263 e. The summed E-state index contributed by atoms with van der Waals surface area (Å²) in [6, 6.07) is 11.4. The van der Waals surface area contributed by atoms with Crippen molar-refractivity contribution >= 4 is 15.7 Å². The number of anilines is 1. The van der Waals surface area contributed by atoms with Crippen LogP contribution in [0.1, 0.15) is 5.56 Å². The molecule has 0 spiro atoms. The van der Waals surface area contributed by atoms with Crippen molar-refractivity contribution in [1.29, 1.82) is 5.26 Å². The Bertz CT molecular complexity index is 1020. The van der Waals surface area contributed by atoms with Crippen LogP contribution in [0.25, 0.3) is 11.3 Å². The van der Waals surface area contributed by atoms with Gasteiger partial charge in [0.25, 0.3) is 10.0 Å². The average molecular weight is 343 g/mol. The lowest BCUT2D eigenvalue weighted by Crippen LogP contribution is -2.15. The van der Waals surface area contributed by atoms with Gasteiger partial charge in [-0.2, -0.15) is 5.26 Å². The van der Waals surface area contributed by atoms with Crippen LogP contribution in [0.4, 0.5) is 10.1 Å². The maximum absolute atomic E-state index is 13.6. The summed E-state index contributed by atoms with van der Waals surface area (Å²) in [6.07, 6.45) is 2.76. The van der Waals surface area contributed by atoms with Gasteiger partial charge in [-0.15, -0.1) is 0 Å². The number of aromatic nitrogens is 1. The van der Waals surface area contributed by atoms with Crippen molar-refractivity contribution in [2.75, 3.05) is 4.72 Å². The smallest absolute Gasteiger partial charge is 0.263 e. The molecule has 120 valence electrons. The van der Waals surface area contributed by atoms with Gasteiger partial charge in [0.2, 0.25) is 0 Å². The number of sulfonamides is 1. The van der Waals surface area contributed by atoms with Gasteiger partial charge in [-0.05, 0) is 24.3 Å². The number of hydrogen-bond donors (Lipinski definition) is 1. The molecule has 0 unspecified atom stereocenters. The Hall–Kier alpha value is -3.18. The largest absolute Gasteiger partial charge is 0.444 e. The van der Waals surface area contributed by atoms with Gasteiger partial charge in [0, 0.05) is 11.3 Å². The third-order valence-electron chi connectivity index (χ3n) is 3.21. The summed E-state index contributed by atoms with van der Waals surface area (Å²) < 4.78 is 46.1. The van der Waals surface area contributed by atoms with Gasteiger partial charge in [0.15, 0.2) is 12.2 Å². The minimum atomic E-state index is -4.12. The summed E-state index contributed by atoms with van der Waals surface area (Å²) in [7, 11) is -4.12. The molecule has 2 aromatic carbocycles. The Morgan fingerprint density at radius 1 is 1.21 bits per heavy atom. The van der Waals surface area contributed by atoms with E-state index in [1.165, 1.54) is 30.8 Å². The molecule has 0 amide bonds. The lowest BCUT2D eigenvalue weighted by molar-refractivity contribution is 0.572. The number of nitrogens with one attached hydrogen (secondary N) is 1. The van der Waals surface area contributed by atoms with E-state index >= 15 is 0 Å². The Labute approximate surface area is 137 Å². The van der Waals surface area contributed by atoms with E-state index in [0.717, 1.165) is 6.07 Å². The SMILES string of the molecule is N#Cc1c(F)cccc1S(=O)(=O)Nc1cccc(-c2cnco2)c1. The predicted molar refractivity (Wildman–Crippen MR) is 83.9 cm³/mol. The van der Waals surface area contributed by atoms with E-state index in [0.29, 0.717) is 11.3 Å². The Morgan fingerprint density at radius 2 is 2.00 bits per heavy atom. The lowest BCUT2D eigenvalue weighted by Gasteiger charge is -2.10. The normalized spacial score (nSPS) is 11.0. The molecule has 8 heteroatoms. The van der Waals surface area contributed by atoms with Crippen LogP contribution in [0, 0.1) is 17.1 Å². The molecule has 0 saturated heterocycles. The van der Waals surface area contributed by atoms with Gasteiger partial charge in [-0.25, -0.2) is 17.8 Å². The zero-order valence-corrected chi connectivity index (χ0v) is 12.9. The molecule has 24 heavy (non-hydrogen) atoms. The van der Waals surface area contributed by atoms with E-state index in [1.807, 2.05) is 0 Å². The third-order valence-corrected chi connectivity index (χ3v) is 4.63. The summed E-state index contributed by atoms with van der Waals surface area (Å²) in [6.45, 7) is 0. The van der Waals surface area contributed by atoms with Crippen molar-refractivity contribution in [2.24, 2.45) is 0 Å². The molecular weight excluding hydrogens is 333 g/mol. The number of nitriles is 1. The Morgan fingerprint density at radius 3 is 2.71 bits per heavy atom. The maximum atomic E-state index is 13.6. The molecule has 0 bridgehead atoms. The standard InChI is InChI=1S/C16H10FN3O3S/c17-14-5-2-6-16(13(14)8-18)24(21,22)20-12-4-1-3-11(7-12)15-9-19-10-23-15/h1-7,9-10,20H. The first-order chi connectivity index (χ1) is 11.5. The second kappa shape index (κ2) is 6.14. The van der Waals surface area contributed by atoms with E-state index in [-0.39, 0.29) is 5.69 Å². The molecule has 6 nitrogen and oxygen atoms in total. The quantitative estimate of drug-likeness (QED) is 0.785. The van der Waals surface area contributed by atoms with Crippen LogP contribution in [0.15, 0.2) is 64.4 Å². The van der Waals surface area contributed by atoms with E-state index in [2.05, 4.69) is 9.71 Å². The fraction of sp³-hybridized carbons (Fsp3) is 0. The molecule has 0 radical (unpaired) electrons. The number of halogens is 1. The predicted octanol–water partition coefficient (Wildman–Crippen LogP) is 3.15. The van der Waals surface area contributed by atoms with Crippen molar-refractivity contribution < 1.29 is 17.2 Å². The second-order valence-electron chi connectivity index (χ2n) is 4.78. The van der Waals surface area contributed by atoms with Gasteiger partial charge in [0.05, 0.1) is 6.20 Å². The summed E-state index contributed by atoms with van der Waals surface area (Å²) in [4.78, 5) is 3.38. The average Bonchev–Trinajstić information content (AvgIpc) is 3.09. The minimum absolute atomic E-state index is 0.247. The molecule has 0 aliphatic carbocycles. The molecule has 0 aliphatic rings. The van der Waals surface area contributed by atoms with Crippen LogP contribution in [0.5, 0.6) is 0 Å². The first kappa shape index (κ1) is 15.7. The minimum Gasteiger partial charge on any atom is -0.444 e. The number of benzene rings is 2. The van der Waals surface area contributed by atoms with Gasteiger partial charge >= 0.3 is 0 Å². The molecule has 0 aliphatic heterocycles. The van der Waals surface area contributed by atoms with Crippen molar-refractivity contribution in [2.45, 2.75) is 4.90 Å².